The highest BCUT2D eigenvalue weighted by Gasteiger charge is 2.27. The summed E-state index contributed by atoms with van der Waals surface area (Å²) in [4.78, 5) is 26.2. The Bertz CT molecular complexity index is 886. The van der Waals surface area contributed by atoms with Crippen LogP contribution in [0.5, 0.6) is 0 Å². The van der Waals surface area contributed by atoms with Gasteiger partial charge in [0.2, 0.25) is 0 Å². The van der Waals surface area contributed by atoms with Gasteiger partial charge in [-0.1, -0.05) is 6.92 Å². The maximum Gasteiger partial charge on any atom is 0.341 e. The van der Waals surface area contributed by atoms with Crippen LogP contribution in [0.25, 0.3) is 5.52 Å². The summed E-state index contributed by atoms with van der Waals surface area (Å²) in [7, 11) is 0. The Labute approximate surface area is 146 Å². The van der Waals surface area contributed by atoms with Crippen molar-refractivity contribution in [3.8, 4) is 0 Å². The quantitative estimate of drug-likeness (QED) is 0.887. The number of carboxylic acid groups (broad SMARTS) is 1. The van der Waals surface area contributed by atoms with Crippen LogP contribution in [-0.2, 0) is 6.42 Å². The van der Waals surface area contributed by atoms with Crippen molar-refractivity contribution in [1.29, 1.82) is 0 Å². The van der Waals surface area contributed by atoms with Crippen molar-refractivity contribution in [1.82, 2.24) is 4.40 Å². The molecule has 0 aliphatic carbocycles. The molecule has 6 nitrogen and oxygen atoms in total. The Kier molecular flexibility index (Phi) is 4.56. The number of nitrogens with two attached hydrogens (primary N) is 1. The van der Waals surface area contributed by atoms with E-state index in [0.29, 0.717) is 12.3 Å². The van der Waals surface area contributed by atoms with E-state index < -0.39 is 11.5 Å². The highest BCUT2D eigenvalue weighted by molar-refractivity contribution is 5.88. The molecular weight excluding hydrogens is 318 g/mol. The van der Waals surface area contributed by atoms with Crippen molar-refractivity contribution in [2.45, 2.75) is 39.7 Å². The Morgan fingerprint density at radius 1 is 1.48 bits per heavy atom. The van der Waals surface area contributed by atoms with Crippen molar-refractivity contribution in [3.05, 3.63) is 45.4 Å². The fraction of sp³-hybridized carbons (Fsp3) is 0.474. The maximum atomic E-state index is 12.5. The van der Waals surface area contributed by atoms with Crippen LogP contribution in [0.3, 0.4) is 0 Å². The third-order valence-electron chi connectivity index (χ3n) is 5.35. The van der Waals surface area contributed by atoms with Gasteiger partial charge in [0.05, 0.1) is 5.52 Å². The van der Waals surface area contributed by atoms with Crippen LogP contribution in [0.1, 0.15) is 41.8 Å². The highest BCUT2D eigenvalue weighted by atomic mass is 16.4. The fourth-order valence-electron chi connectivity index (χ4n) is 3.85. The fourth-order valence-corrected chi connectivity index (χ4v) is 3.85. The summed E-state index contributed by atoms with van der Waals surface area (Å²) < 4.78 is 1.47. The lowest BCUT2D eigenvalue weighted by atomic mass is 10.0. The highest BCUT2D eigenvalue weighted by Crippen LogP contribution is 2.31. The number of fused-ring (bicyclic) bond motifs is 1. The Morgan fingerprint density at radius 2 is 2.20 bits per heavy atom. The monoisotopic (exact) mass is 343 g/mol. The molecule has 1 saturated heterocycles. The van der Waals surface area contributed by atoms with Crippen LogP contribution in [-0.4, -0.2) is 34.6 Å². The summed E-state index contributed by atoms with van der Waals surface area (Å²) in [6, 6.07) is 3.60. The van der Waals surface area contributed by atoms with Gasteiger partial charge in [-0.15, -0.1) is 0 Å². The molecule has 2 aromatic rings. The number of nitrogens with zero attached hydrogens (tertiary/aromatic N) is 2. The topological polar surface area (TPSA) is 88.0 Å². The molecule has 3 rings (SSSR count). The van der Waals surface area contributed by atoms with Crippen LogP contribution in [0.4, 0.5) is 5.69 Å². The van der Waals surface area contributed by atoms with Gasteiger partial charge in [0.1, 0.15) is 5.56 Å². The van der Waals surface area contributed by atoms with E-state index in [-0.39, 0.29) is 11.6 Å². The normalized spacial score (nSPS) is 18.7. The molecule has 1 fully saturated rings. The lowest BCUT2D eigenvalue weighted by Gasteiger charge is -2.24. The molecule has 1 aliphatic heterocycles. The lowest BCUT2D eigenvalue weighted by Crippen LogP contribution is -2.30. The number of rotatable bonds is 4. The van der Waals surface area contributed by atoms with Gasteiger partial charge in [-0.2, -0.15) is 0 Å². The minimum atomic E-state index is -1.19. The number of hydrogen-bond acceptors (Lipinski definition) is 4. The van der Waals surface area contributed by atoms with Crippen molar-refractivity contribution in [2.24, 2.45) is 11.7 Å². The molecule has 3 heterocycles. The molecule has 2 aromatic heterocycles. The summed E-state index contributed by atoms with van der Waals surface area (Å²) in [6.07, 6.45) is 3.43. The zero-order valence-corrected chi connectivity index (χ0v) is 15.0. The Morgan fingerprint density at radius 3 is 2.76 bits per heavy atom. The molecule has 134 valence electrons. The molecule has 0 radical (unpaired) electrons. The van der Waals surface area contributed by atoms with Crippen LogP contribution in [0, 0.1) is 12.8 Å². The number of aromatic carboxylic acids is 1. The first-order valence-electron chi connectivity index (χ1n) is 8.76. The zero-order chi connectivity index (χ0) is 18.3. The number of carboxylic acids is 1. The number of hydrogen-bond donors (Lipinski definition) is 2. The van der Waals surface area contributed by atoms with E-state index in [4.69, 9.17) is 5.73 Å². The molecule has 0 spiro atoms. The summed E-state index contributed by atoms with van der Waals surface area (Å²) in [5.74, 6) is -0.715. The molecule has 25 heavy (non-hydrogen) atoms. The van der Waals surface area contributed by atoms with Crippen LogP contribution < -0.4 is 16.2 Å². The minimum absolute atomic E-state index is 0.165. The van der Waals surface area contributed by atoms with E-state index in [1.54, 1.807) is 6.20 Å². The minimum Gasteiger partial charge on any atom is -0.477 e. The maximum absolute atomic E-state index is 12.5. The summed E-state index contributed by atoms with van der Waals surface area (Å²) in [5.41, 5.74) is 9.19. The smallest absolute Gasteiger partial charge is 0.341 e. The Hall–Kier alpha value is -2.34. The third kappa shape index (κ3) is 2.91. The standard InChI is InChI=1S/C19H25N3O3/c1-4-13-9-15(19(24)25)18(23)22-8-6-16(11(2)17(13)22)21-7-5-14(10-21)12(3)20/h6,8-9,12,14H,4-5,7,10,20H2,1-3H3,(H,24,25)/t12-,14+/m0/s1. The molecule has 0 bridgehead atoms. The second-order valence-corrected chi connectivity index (χ2v) is 6.95. The van der Waals surface area contributed by atoms with Crippen molar-refractivity contribution in [2.75, 3.05) is 18.0 Å². The first kappa shape index (κ1) is 17.5. The van der Waals surface area contributed by atoms with E-state index in [0.717, 1.165) is 41.8 Å². The van der Waals surface area contributed by atoms with Gasteiger partial charge < -0.3 is 15.7 Å². The number of pyridine rings is 2. The lowest BCUT2D eigenvalue weighted by molar-refractivity contribution is 0.0694. The summed E-state index contributed by atoms with van der Waals surface area (Å²) >= 11 is 0. The molecule has 2 atom stereocenters. The van der Waals surface area contributed by atoms with E-state index in [1.165, 1.54) is 10.5 Å². The largest absolute Gasteiger partial charge is 0.477 e. The molecule has 0 unspecified atom stereocenters. The van der Waals surface area contributed by atoms with E-state index in [1.807, 2.05) is 26.8 Å². The molecule has 0 amide bonds. The average molecular weight is 343 g/mol. The first-order valence-corrected chi connectivity index (χ1v) is 8.76. The first-order chi connectivity index (χ1) is 11.8. The van der Waals surface area contributed by atoms with Gasteiger partial charge in [0.15, 0.2) is 0 Å². The van der Waals surface area contributed by atoms with Crippen molar-refractivity contribution >= 4 is 17.2 Å². The van der Waals surface area contributed by atoms with E-state index >= 15 is 0 Å². The second kappa shape index (κ2) is 6.52. The molecule has 0 saturated carbocycles. The van der Waals surface area contributed by atoms with E-state index in [2.05, 4.69) is 4.90 Å². The number of anilines is 1. The Balaban J connectivity index is 2.16. The van der Waals surface area contributed by atoms with Gasteiger partial charge in [0.25, 0.3) is 5.56 Å². The van der Waals surface area contributed by atoms with Gasteiger partial charge >= 0.3 is 5.97 Å². The van der Waals surface area contributed by atoms with Crippen LogP contribution in [0.2, 0.25) is 0 Å². The van der Waals surface area contributed by atoms with Gasteiger partial charge in [-0.25, -0.2) is 4.79 Å². The predicted octanol–water partition coefficient (Wildman–Crippen LogP) is 2.04. The number of aryl methyl sites for hydroxylation is 2. The summed E-state index contributed by atoms with van der Waals surface area (Å²) in [6.45, 7) is 7.88. The predicted molar refractivity (Wildman–Crippen MR) is 98.7 cm³/mol. The molecular formula is C19H25N3O3. The van der Waals surface area contributed by atoms with Gasteiger partial charge in [0, 0.05) is 31.0 Å². The SMILES string of the molecule is CCc1cc(C(=O)O)c(=O)n2ccc(N3CC[C@@H]([C@H](C)N)C3)c(C)c12. The zero-order valence-electron chi connectivity index (χ0n) is 15.0. The molecule has 6 heteroatoms. The number of carbonyl (C=O) groups is 1. The molecule has 1 aliphatic rings. The molecule has 0 aromatic carbocycles. The van der Waals surface area contributed by atoms with Crippen molar-refractivity contribution < 1.29 is 9.90 Å². The molecule has 3 N–H and O–H groups in total. The van der Waals surface area contributed by atoms with Crippen molar-refractivity contribution in [3.63, 3.8) is 0 Å². The van der Waals surface area contributed by atoms with Gasteiger partial charge in [-0.05, 0) is 55.9 Å². The van der Waals surface area contributed by atoms with Gasteiger partial charge in [-0.3, -0.25) is 9.20 Å². The third-order valence-corrected chi connectivity index (χ3v) is 5.35. The van der Waals surface area contributed by atoms with Crippen LogP contribution >= 0.6 is 0 Å². The average Bonchev–Trinajstić information content (AvgIpc) is 3.05. The van der Waals surface area contributed by atoms with E-state index in [9.17, 15) is 14.7 Å². The van der Waals surface area contributed by atoms with Crippen LogP contribution in [0.15, 0.2) is 23.1 Å². The second-order valence-electron chi connectivity index (χ2n) is 6.95. The summed E-state index contributed by atoms with van der Waals surface area (Å²) in [5, 5.41) is 9.29. The number of aromatic nitrogens is 1.